The van der Waals surface area contributed by atoms with Crippen LogP contribution >= 0.6 is 0 Å². The van der Waals surface area contributed by atoms with E-state index in [4.69, 9.17) is 15.0 Å². The van der Waals surface area contributed by atoms with Crippen LogP contribution in [-0.2, 0) is 0 Å². The molecule has 0 spiro atoms. The Bertz CT molecular complexity index is 415. The normalized spacial score (nSPS) is 11.4. The predicted molar refractivity (Wildman–Crippen MR) is 180 cm³/mol. The van der Waals surface area contributed by atoms with Crippen molar-refractivity contribution in [3.05, 3.63) is 0 Å². The minimum atomic E-state index is -2.08. The molecule has 0 atom stereocenters. The van der Waals surface area contributed by atoms with E-state index in [1.165, 1.54) is 210 Å². The highest BCUT2D eigenvalue weighted by molar-refractivity contribution is 5.50. The van der Waals surface area contributed by atoms with Gasteiger partial charge in [-0.1, -0.05) is 156 Å². The smallest absolute Gasteiger partial charge is 0.249 e. The van der Waals surface area contributed by atoms with Gasteiger partial charge in [0.25, 0.3) is 0 Å². The van der Waals surface area contributed by atoms with Crippen LogP contribution in [0.25, 0.3) is 0 Å². The van der Waals surface area contributed by atoms with Crippen LogP contribution in [0.3, 0.4) is 0 Å². The van der Waals surface area contributed by atoms with Gasteiger partial charge in [0.2, 0.25) is 6.16 Å². The van der Waals surface area contributed by atoms with Crippen molar-refractivity contribution < 1.29 is 19.5 Å². The van der Waals surface area contributed by atoms with Crippen molar-refractivity contribution in [2.24, 2.45) is 0 Å². The average Bonchev–Trinajstić information content (AvgIpc) is 2.95. The summed E-state index contributed by atoms with van der Waals surface area (Å²) in [6, 6.07) is 0. The van der Waals surface area contributed by atoms with Crippen LogP contribution in [0.15, 0.2) is 0 Å². The highest BCUT2D eigenvalue weighted by Gasteiger charge is 2.25. The van der Waals surface area contributed by atoms with Crippen LogP contribution < -0.4 is 5.11 Å². The summed E-state index contributed by atoms with van der Waals surface area (Å²) in [7, 11) is 0. The van der Waals surface area contributed by atoms with E-state index >= 15 is 0 Å². The first-order valence-corrected chi connectivity index (χ1v) is 18.7. The molecule has 0 saturated carbocycles. The summed E-state index contributed by atoms with van der Waals surface area (Å²) in [6.45, 7) is 15.3. The van der Waals surface area contributed by atoms with Gasteiger partial charge in [-0.2, -0.15) is 0 Å². The Hall–Kier alpha value is -0.770. The zero-order chi connectivity index (χ0) is 30.7. The molecular formula is C37H77NO3. The van der Waals surface area contributed by atoms with Gasteiger partial charge in [0.1, 0.15) is 0 Å². The maximum Gasteiger partial charge on any atom is 0.249 e. The molecule has 41 heavy (non-hydrogen) atoms. The van der Waals surface area contributed by atoms with Gasteiger partial charge in [0.15, 0.2) is 0 Å². The minimum Gasteiger partial charge on any atom is -0.565 e. The lowest BCUT2D eigenvalue weighted by Crippen LogP contribution is -2.50. The zero-order valence-electron chi connectivity index (χ0n) is 28.8. The molecule has 0 unspecified atom stereocenters. The lowest BCUT2D eigenvalue weighted by atomic mass is 10.0. The van der Waals surface area contributed by atoms with Gasteiger partial charge in [-0.25, -0.2) is 0 Å². The van der Waals surface area contributed by atoms with Crippen LogP contribution in [0.4, 0.5) is 4.79 Å². The summed E-state index contributed by atoms with van der Waals surface area (Å²) in [5.41, 5.74) is 0. The van der Waals surface area contributed by atoms with Gasteiger partial charge in [-0.05, 0) is 51.4 Å². The number of rotatable bonds is 32. The van der Waals surface area contributed by atoms with E-state index in [1.54, 1.807) is 0 Å². The Morgan fingerprint density at radius 2 is 0.537 bits per heavy atom. The van der Waals surface area contributed by atoms with Gasteiger partial charge in [-0.15, -0.1) is 0 Å². The SMILES string of the molecule is CCCCCCCCC[N+](CCCCCCCCC)(CCCCCCCCC)CCCCCCCCC.O=C([O-])O. The van der Waals surface area contributed by atoms with E-state index in [0.29, 0.717) is 0 Å². The summed E-state index contributed by atoms with van der Waals surface area (Å²) in [5, 5.41) is 15.3. The van der Waals surface area contributed by atoms with Gasteiger partial charge < -0.3 is 19.5 Å². The number of hydrogen-bond acceptors (Lipinski definition) is 2. The van der Waals surface area contributed by atoms with Gasteiger partial charge in [0, 0.05) is 0 Å². The molecule has 0 aromatic rings. The van der Waals surface area contributed by atoms with Crippen molar-refractivity contribution in [2.75, 3.05) is 26.2 Å². The molecular weight excluding hydrogens is 506 g/mol. The number of hydrogen-bond donors (Lipinski definition) is 1. The second kappa shape index (κ2) is 35.4. The van der Waals surface area contributed by atoms with E-state index < -0.39 is 6.16 Å². The van der Waals surface area contributed by atoms with Crippen molar-refractivity contribution >= 4 is 6.16 Å². The second-order valence-corrected chi connectivity index (χ2v) is 13.0. The average molecular weight is 584 g/mol. The number of quaternary nitrogens is 1. The molecule has 4 nitrogen and oxygen atoms in total. The number of carboxylic acid groups (broad SMARTS) is 2. The van der Waals surface area contributed by atoms with Crippen molar-refractivity contribution in [3.8, 4) is 0 Å². The van der Waals surface area contributed by atoms with Gasteiger partial charge >= 0.3 is 0 Å². The quantitative estimate of drug-likeness (QED) is 0.0633. The topological polar surface area (TPSA) is 60.4 Å². The first-order chi connectivity index (χ1) is 20.0. The summed E-state index contributed by atoms with van der Waals surface area (Å²) in [5.74, 6) is 0. The number of carbonyl (C=O) groups is 1. The van der Waals surface area contributed by atoms with Crippen LogP contribution in [0.2, 0.25) is 0 Å². The predicted octanol–water partition coefficient (Wildman–Crippen LogP) is 11.7. The zero-order valence-corrected chi connectivity index (χ0v) is 28.8. The van der Waals surface area contributed by atoms with Crippen LogP contribution in [-0.4, -0.2) is 41.9 Å². The first-order valence-electron chi connectivity index (χ1n) is 18.7. The fourth-order valence-corrected chi connectivity index (χ4v) is 6.29. The number of nitrogens with zero attached hydrogens (tertiary/aromatic N) is 1. The fraction of sp³-hybridized carbons (Fsp3) is 0.973. The summed E-state index contributed by atoms with van der Waals surface area (Å²) < 4.78 is 1.48. The van der Waals surface area contributed by atoms with Crippen molar-refractivity contribution in [2.45, 2.75) is 207 Å². The molecule has 0 aromatic carbocycles. The van der Waals surface area contributed by atoms with E-state index in [9.17, 15) is 0 Å². The third kappa shape index (κ3) is 35.3. The maximum absolute atomic E-state index is 8.44. The van der Waals surface area contributed by atoms with Crippen LogP contribution in [0, 0.1) is 0 Å². The molecule has 0 amide bonds. The lowest BCUT2D eigenvalue weighted by Gasteiger charge is -2.40. The molecule has 1 N–H and O–H groups in total. The second-order valence-electron chi connectivity index (χ2n) is 13.0. The molecule has 0 aromatic heterocycles. The number of unbranched alkanes of at least 4 members (excludes halogenated alkanes) is 24. The molecule has 0 saturated heterocycles. The fourth-order valence-electron chi connectivity index (χ4n) is 6.29. The maximum atomic E-state index is 8.44. The summed E-state index contributed by atoms with van der Waals surface area (Å²) in [4.78, 5) is 8.44. The summed E-state index contributed by atoms with van der Waals surface area (Å²) in [6.07, 6.45) is 38.7. The molecule has 0 bridgehead atoms. The Morgan fingerprint density at radius 1 is 0.390 bits per heavy atom. The van der Waals surface area contributed by atoms with Gasteiger partial charge in [-0.3, -0.25) is 0 Å². The molecule has 0 heterocycles. The lowest BCUT2D eigenvalue weighted by molar-refractivity contribution is -0.929. The molecule has 0 rings (SSSR count). The summed E-state index contributed by atoms with van der Waals surface area (Å²) >= 11 is 0. The Morgan fingerprint density at radius 3 is 0.707 bits per heavy atom. The highest BCUT2D eigenvalue weighted by Crippen LogP contribution is 2.21. The van der Waals surface area contributed by atoms with E-state index in [0.717, 1.165) is 0 Å². The molecule has 0 aliphatic carbocycles. The molecule has 4 heteroatoms. The standard InChI is InChI=1S/C36H76N.CH2O3/c1-5-9-13-17-21-25-29-33-37(34-30-26-22-18-14-10-6-2,35-31-27-23-19-15-11-7-3)36-32-28-24-20-16-12-8-4;2-1(3)4/h5-36H2,1-4H3;(H2,2,3,4)/q+1;/p-1. The Kier molecular flexibility index (Phi) is 36.6. The molecule has 248 valence electrons. The van der Waals surface area contributed by atoms with Gasteiger partial charge in [0.05, 0.1) is 26.2 Å². The van der Waals surface area contributed by atoms with Crippen LogP contribution in [0.5, 0.6) is 0 Å². The monoisotopic (exact) mass is 584 g/mol. The van der Waals surface area contributed by atoms with Crippen molar-refractivity contribution in [1.29, 1.82) is 0 Å². The molecule has 0 radical (unpaired) electrons. The highest BCUT2D eigenvalue weighted by atomic mass is 16.6. The van der Waals surface area contributed by atoms with Crippen molar-refractivity contribution in [3.63, 3.8) is 0 Å². The Balaban J connectivity index is 0. The van der Waals surface area contributed by atoms with Crippen LogP contribution in [0.1, 0.15) is 207 Å². The molecule has 0 aliphatic heterocycles. The Labute approximate surface area is 259 Å². The minimum absolute atomic E-state index is 1.37. The van der Waals surface area contributed by atoms with E-state index in [-0.39, 0.29) is 0 Å². The third-order valence-electron chi connectivity index (χ3n) is 8.94. The van der Waals surface area contributed by atoms with E-state index in [2.05, 4.69) is 27.7 Å². The van der Waals surface area contributed by atoms with Crippen molar-refractivity contribution in [1.82, 2.24) is 0 Å². The molecule has 0 fully saturated rings. The largest absolute Gasteiger partial charge is 0.565 e. The van der Waals surface area contributed by atoms with E-state index in [1.807, 2.05) is 0 Å². The molecule has 0 aliphatic rings. The first kappa shape index (κ1) is 42.4. The third-order valence-corrected chi connectivity index (χ3v) is 8.94.